The number of benzene rings is 1. The third kappa shape index (κ3) is 4.06. The van der Waals surface area contributed by atoms with Crippen LogP contribution in [0.2, 0.25) is 0 Å². The highest BCUT2D eigenvalue weighted by atomic mass is 16.5. The largest absolute Gasteiger partial charge is 0.497 e. The summed E-state index contributed by atoms with van der Waals surface area (Å²) in [6.07, 6.45) is 3.47. The smallest absolute Gasteiger partial charge is 0.255 e. The molecule has 0 N–H and O–H groups in total. The fourth-order valence-electron chi connectivity index (χ4n) is 3.59. The van der Waals surface area contributed by atoms with E-state index in [4.69, 9.17) is 14.2 Å². The Kier molecular flexibility index (Phi) is 5.25. The predicted molar refractivity (Wildman–Crippen MR) is 100 cm³/mol. The van der Waals surface area contributed by atoms with Crippen LogP contribution in [-0.2, 0) is 17.6 Å². The minimum Gasteiger partial charge on any atom is -0.497 e. The van der Waals surface area contributed by atoms with Crippen LogP contribution in [0.4, 0.5) is 0 Å². The number of ether oxygens (including phenoxy) is 3. The summed E-state index contributed by atoms with van der Waals surface area (Å²) in [6.45, 7) is 3.16. The van der Waals surface area contributed by atoms with Crippen molar-refractivity contribution >= 4 is 5.91 Å². The van der Waals surface area contributed by atoms with Crippen LogP contribution >= 0.6 is 0 Å². The van der Waals surface area contributed by atoms with E-state index in [1.165, 1.54) is 5.56 Å². The van der Waals surface area contributed by atoms with Crippen LogP contribution in [0.5, 0.6) is 11.5 Å². The van der Waals surface area contributed by atoms with Gasteiger partial charge >= 0.3 is 0 Å². The molecule has 2 aliphatic rings. The zero-order chi connectivity index (χ0) is 18.6. The lowest BCUT2D eigenvalue weighted by Gasteiger charge is -2.27. The number of hydrogen-bond donors (Lipinski definition) is 0. The van der Waals surface area contributed by atoms with Crippen molar-refractivity contribution in [2.75, 3.05) is 40.0 Å². The van der Waals surface area contributed by atoms with Crippen molar-refractivity contribution in [3.05, 3.63) is 53.3 Å². The summed E-state index contributed by atoms with van der Waals surface area (Å²) in [7, 11) is 1.66. The number of aromatic nitrogens is 1. The van der Waals surface area contributed by atoms with Crippen LogP contribution in [0.3, 0.4) is 0 Å². The molecular weight excluding hydrogens is 344 g/mol. The van der Waals surface area contributed by atoms with Gasteiger partial charge in [-0.1, -0.05) is 6.07 Å². The number of hydrogen-bond acceptors (Lipinski definition) is 5. The van der Waals surface area contributed by atoms with Crippen LogP contribution in [-0.4, -0.2) is 55.8 Å². The molecule has 2 aliphatic heterocycles. The highest BCUT2D eigenvalue weighted by Gasteiger charge is 2.22. The van der Waals surface area contributed by atoms with Gasteiger partial charge in [-0.25, -0.2) is 0 Å². The number of amides is 1. The van der Waals surface area contributed by atoms with Gasteiger partial charge in [-0.15, -0.1) is 0 Å². The minimum atomic E-state index is 0.0289. The minimum absolute atomic E-state index is 0.0289. The van der Waals surface area contributed by atoms with Gasteiger partial charge in [0.05, 0.1) is 32.5 Å². The van der Waals surface area contributed by atoms with Crippen LogP contribution in [0.1, 0.15) is 21.6 Å². The lowest BCUT2D eigenvalue weighted by atomic mass is 9.92. The van der Waals surface area contributed by atoms with Crippen molar-refractivity contribution in [3.8, 4) is 11.5 Å². The average molecular weight is 368 g/mol. The first-order valence-electron chi connectivity index (χ1n) is 9.34. The van der Waals surface area contributed by atoms with Gasteiger partial charge < -0.3 is 19.1 Å². The summed E-state index contributed by atoms with van der Waals surface area (Å²) in [4.78, 5) is 18.8. The Balaban J connectivity index is 1.38. The van der Waals surface area contributed by atoms with Crippen LogP contribution in [0.25, 0.3) is 0 Å². The summed E-state index contributed by atoms with van der Waals surface area (Å²) in [5, 5.41) is 0. The molecule has 1 amide bonds. The molecule has 2 aromatic rings. The molecule has 6 nitrogen and oxygen atoms in total. The van der Waals surface area contributed by atoms with Crippen molar-refractivity contribution in [1.82, 2.24) is 9.88 Å². The Bertz CT molecular complexity index is 800. The average Bonchev–Trinajstić information content (AvgIpc) is 2.74. The molecule has 0 aliphatic carbocycles. The van der Waals surface area contributed by atoms with Crippen molar-refractivity contribution in [1.29, 1.82) is 0 Å². The van der Waals surface area contributed by atoms with Gasteiger partial charge in [0.1, 0.15) is 11.5 Å². The van der Waals surface area contributed by atoms with Gasteiger partial charge in [-0.05, 0) is 36.6 Å². The second-order valence-corrected chi connectivity index (χ2v) is 7.00. The van der Waals surface area contributed by atoms with Crippen molar-refractivity contribution < 1.29 is 19.0 Å². The molecule has 3 heterocycles. The number of pyridine rings is 1. The van der Waals surface area contributed by atoms with E-state index in [-0.39, 0.29) is 5.91 Å². The normalized spacial score (nSPS) is 19.1. The lowest BCUT2D eigenvalue weighted by Crippen LogP contribution is -2.40. The monoisotopic (exact) mass is 368 g/mol. The van der Waals surface area contributed by atoms with Gasteiger partial charge in [0.25, 0.3) is 5.91 Å². The van der Waals surface area contributed by atoms with Crippen LogP contribution in [0, 0.1) is 5.92 Å². The fourth-order valence-corrected chi connectivity index (χ4v) is 3.59. The summed E-state index contributed by atoms with van der Waals surface area (Å²) in [5.41, 5.74) is 2.82. The van der Waals surface area contributed by atoms with E-state index >= 15 is 0 Å². The third-order valence-electron chi connectivity index (χ3n) is 5.13. The SMILES string of the molecule is COc1ccc2c(c1)OC[C@H](Cc1ccc(C(=O)N3CCOCC3)cn1)C2. The standard InChI is InChI=1S/C21H24N2O4/c1-25-19-5-3-16-10-15(14-27-20(16)12-19)11-18-4-2-17(13-22-18)21(24)23-6-8-26-9-7-23/h2-5,12-13,15H,6-11,14H2,1H3/t15-/m0/s1. The first kappa shape index (κ1) is 17.8. The Morgan fingerprint density at radius 2 is 2.11 bits per heavy atom. The van der Waals surface area contributed by atoms with E-state index < -0.39 is 0 Å². The maximum Gasteiger partial charge on any atom is 0.255 e. The van der Waals surface area contributed by atoms with Crippen molar-refractivity contribution in [2.24, 2.45) is 5.92 Å². The Morgan fingerprint density at radius 1 is 1.26 bits per heavy atom. The third-order valence-corrected chi connectivity index (χ3v) is 5.13. The molecule has 6 heteroatoms. The number of nitrogens with zero attached hydrogens (tertiary/aromatic N) is 2. The molecule has 1 fully saturated rings. The summed E-state index contributed by atoms with van der Waals surface area (Å²) in [6, 6.07) is 9.81. The number of fused-ring (bicyclic) bond motifs is 1. The fraction of sp³-hybridized carbons (Fsp3) is 0.429. The van der Waals surface area contributed by atoms with Gasteiger partial charge in [0, 0.05) is 37.0 Å². The van der Waals surface area contributed by atoms with E-state index in [1.807, 2.05) is 29.2 Å². The second kappa shape index (κ2) is 7.96. The van der Waals surface area contributed by atoms with E-state index in [0.717, 1.165) is 30.0 Å². The number of carbonyl (C=O) groups is 1. The van der Waals surface area contributed by atoms with Gasteiger partial charge in [-0.3, -0.25) is 9.78 Å². The van der Waals surface area contributed by atoms with E-state index in [2.05, 4.69) is 11.1 Å². The first-order chi connectivity index (χ1) is 13.2. The van der Waals surface area contributed by atoms with Crippen molar-refractivity contribution in [2.45, 2.75) is 12.8 Å². The zero-order valence-electron chi connectivity index (χ0n) is 15.5. The van der Waals surface area contributed by atoms with E-state index in [9.17, 15) is 4.79 Å². The molecule has 0 saturated carbocycles. The molecule has 1 aromatic heterocycles. The van der Waals surface area contributed by atoms with Gasteiger partial charge in [0.15, 0.2) is 0 Å². The Hall–Kier alpha value is -2.60. The first-order valence-corrected chi connectivity index (χ1v) is 9.34. The molecule has 0 spiro atoms. The molecule has 142 valence electrons. The number of carbonyl (C=O) groups excluding carboxylic acids is 1. The molecule has 0 bridgehead atoms. The lowest BCUT2D eigenvalue weighted by molar-refractivity contribution is 0.0302. The highest BCUT2D eigenvalue weighted by molar-refractivity contribution is 5.94. The molecule has 4 rings (SSSR count). The molecule has 1 atom stereocenters. The summed E-state index contributed by atoms with van der Waals surface area (Å²) in [5.74, 6) is 2.12. The van der Waals surface area contributed by atoms with Gasteiger partial charge in [0.2, 0.25) is 0 Å². The molecule has 0 unspecified atom stereocenters. The van der Waals surface area contributed by atoms with E-state index in [1.54, 1.807) is 13.3 Å². The maximum atomic E-state index is 12.5. The number of morpholine rings is 1. The highest BCUT2D eigenvalue weighted by Crippen LogP contribution is 2.32. The van der Waals surface area contributed by atoms with Gasteiger partial charge in [-0.2, -0.15) is 0 Å². The van der Waals surface area contributed by atoms with Crippen LogP contribution in [0.15, 0.2) is 36.5 Å². The summed E-state index contributed by atoms with van der Waals surface area (Å²) >= 11 is 0. The van der Waals surface area contributed by atoms with Crippen molar-refractivity contribution in [3.63, 3.8) is 0 Å². The molecule has 0 radical (unpaired) electrons. The molecule has 1 saturated heterocycles. The number of methoxy groups -OCH3 is 1. The molecule has 27 heavy (non-hydrogen) atoms. The Labute approximate surface area is 159 Å². The molecule has 1 aromatic carbocycles. The Morgan fingerprint density at radius 3 is 2.85 bits per heavy atom. The topological polar surface area (TPSA) is 60.9 Å². The second-order valence-electron chi connectivity index (χ2n) is 7.00. The maximum absolute atomic E-state index is 12.5. The predicted octanol–water partition coefficient (Wildman–Crippen LogP) is 2.36. The van der Waals surface area contributed by atoms with Crippen LogP contribution < -0.4 is 9.47 Å². The zero-order valence-corrected chi connectivity index (χ0v) is 15.5. The van der Waals surface area contributed by atoms with E-state index in [0.29, 0.717) is 44.4 Å². The summed E-state index contributed by atoms with van der Waals surface area (Å²) < 4.78 is 16.5. The quantitative estimate of drug-likeness (QED) is 0.829. The number of rotatable bonds is 4. The molecular formula is C21H24N2O4.